The number of nitrogens with zero attached hydrogens (tertiary/aromatic N) is 2. The largest absolute Gasteiger partial charge is 0.481 e. The Morgan fingerprint density at radius 1 is 0.964 bits per heavy atom. The zero-order valence-corrected chi connectivity index (χ0v) is 15.6. The third-order valence-corrected chi connectivity index (χ3v) is 3.93. The molecule has 28 heavy (non-hydrogen) atoms. The van der Waals surface area contributed by atoms with E-state index in [-0.39, 0.29) is 12.4 Å². The molecule has 0 radical (unpaired) electrons. The van der Waals surface area contributed by atoms with Gasteiger partial charge in [-0.15, -0.1) is 5.11 Å². The predicted molar refractivity (Wildman–Crippen MR) is 107 cm³/mol. The average Bonchev–Trinajstić information content (AvgIpc) is 2.69. The lowest BCUT2D eigenvalue weighted by molar-refractivity contribution is -0.118. The summed E-state index contributed by atoms with van der Waals surface area (Å²) in [7, 11) is 0. The number of hydrogen-bond donors (Lipinski definition) is 1. The first-order valence-corrected chi connectivity index (χ1v) is 8.77. The normalized spacial score (nSPS) is 10.8. The highest BCUT2D eigenvalue weighted by atomic mass is 19.1. The van der Waals surface area contributed by atoms with E-state index in [0.29, 0.717) is 17.1 Å². The molecule has 0 aromatic heterocycles. The zero-order chi connectivity index (χ0) is 19.9. The van der Waals surface area contributed by atoms with Gasteiger partial charge in [0.05, 0.1) is 11.4 Å². The van der Waals surface area contributed by atoms with Crippen LogP contribution in [0.1, 0.15) is 11.1 Å². The summed E-state index contributed by atoms with van der Waals surface area (Å²) in [5, 5.41) is 11.2. The number of halogens is 1. The number of ether oxygens (including phenoxy) is 1. The Kier molecular flexibility index (Phi) is 6.11. The van der Waals surface area contributed by atoms with E-state index < -0.39 is 11.7 Å². The molecule has 0 aliphatic rings. The molecule has 0 saturated carbocycles. The summed E-state index contributed by atoms with van der Waals surface area (Å²) in [5.41, 5.74) is 3.87. The van der Waals surface area contributed by atoms with Crippen LogP contribution in [0.4, 0.5) is 21.5 Å². The number of nitrogens with one attached hydrogen (secondary N) is 1. The highest BCUT2D eigenvalue weighted by Gasteiger charge is 2.10. The van der Waals surface area contributed by atoms with E-state index in [9.17, 15) is 9.18 Å². The smallest absolute Gasteiger partial charge is 0.262 e. The number of para-hydroxylation sites is 1. The van der Waals surface area contributed by atoms with Crippen molar-refractivity contribution >= 4 is 23.0 Å². The number of carbonyl (C=O) groups excluding carboxylic acids is 1. The SMILES string of the molecule is Cc1ccc(N=Nc2cc(C)ccc2NC(=O)COc2ccccc2F)cc1. The molecule has 3 aromatic rings. The van der Waals surface area contributed by atoms with Gasteiger partial charge in [0, 0.05) is 0 Å². The van der Waals surface area contributed by atoms with Crippen molar-refractivity contribution in [1.82, 2.24) is 0 Å². The summed E-state index contributed by atoms with van der Waals surface area (Å²) in [6, 6.07) is 19.0. The minimum absolute atomic E-state index is 0.0286. The lowest BCUT2D eigenvalue weighted by Crippen LogP contribution is -2.20. The standard InChI is InChI=1S/C22H20FN3O2/c1-15-7-10-17(11-8-15)25-26-20-13-16(2)9-12-19(20)24-22(27)14-28-21-6-4-3-5-18(21)23/h3-13H,14H2,1-2H3,(H,24,27). The van der Waals surface area contributed by atoms with Crippen molar-refractivity contribution in [2.75, 3.05) is 11.9 Å². The molecule has 1 N–H and O–H groups in total. The van der Waals surface area contributed by atoms with Gasteiger partial charge >= 0.3 is 0 Å². The Balaban J connectivity index is 1.70. The number of amides is 1. The highest BCUT2D eigenvalue weighted by Crippen LogP contribution is 2.28. The van der Waals surface area contributed by atoms with Crippen LogP contribution >= 0.6 is 0 Å². The third-order valence-electron chi connectivity index (χ3n) is 3.93. The lowest BCUT2D eigenvalue weighted by Gasteiger charge is -2.10. The summed E-state index contributed by atoms with van der Waals surface area (Å²) in [4.78, 5) is 12.2. The fraction of sp³-hybridized carbons (Fsp3) is 0.136. The van der Waals surface area contributed by atoms with Gasteiger partial charge in [-0.1, -0.05) is 35.9 Å². The molecular weight excluding hydrogens is 357 g/mol. The van der Waals surface area contributed by atoms with Gasteiger partial charge < -0.3 is 10.1 Å². The molecule has 0 atom stereocenters. The van der Waals surface area contributed by atoms with Crippen molar-refractivity contribution in [3.05, 3.63) is 83.7 Å². The topological polar surface area (TPSA) is 63.0 Å². The van der Waals surface area contributed by atoms with Crippen LogP contribution in [0, 0.1) is 19.7 Å². The van der Waals surface area contributed by atoms with Crippen molar-refractivity contribution in [1.29, 1.82) is 0 Å². The van der Waals surface area contributed by atoms with Crippen LogP contribution in [0.25, 0.3) is 0 Å². The molecule has 0 spiro atoms. The second-order valence-corrected chi connectivity index (χ2v) is 6.32. The maximum Gasteiger partial charge on any atom is 0.262 e. The van der Waals surface area contributed by atoms with Gasteiger partial charge in [0.25, 0.3) is 5.91 Å². The summed E-state index contributed by atoms with van der Waals surface area (Å²) in [5.74, 6) is -0.905. The number of azo groups is 1. The highest BCUT2D eigenvalue weighted by molar-refractivity contribution is 5.94. The Labute approximate surface area is 162 Å². The number of benzene rings is 3. The van der Waals surface area contributed by atoms with Gasteiger partial charge in [-0.3, -0.25) is 4.79 Å². The molecule has 0 bridgehead atoms. The van der Waals surface area contributed by atoms with E-state index >= 15 is 0 Å². The lowest BCUT2D eigenvalue weighted by atomic mass is 10.2. The van der Waals surface area contributed by atoms with Crippen molar-refractivity contribution in [3.8, 4) is 5.75 Å². The van der Waals surface area contributed by atoms with Crippen LogP contribution in [0.5, 0.6) is 5.75 Å². The molecule has 0 heterocycles. The molecule has 3 aromatic carbocycles. The maximum atomic E-state index is 13.6. The van der Waals surface area contributed by atoms with Crippen LogP contribution in [0.2, 0.25) is 0 Å². The first kappa shape index (κ1) is 19.2. The summed E-state index contributed by atoms with van der Waals surface area (Å²) < 4.78 is 18.8. The predicted octanol–water partition coefficient (Wildman–Crippen LogP) is 5.88. The molecule has 0 aliphatic carbocycles. The monoisotopic (exact) mass is 377 g/mol. The second kappa shape index (κ2) is 8.90. The van der Waals surface area contributed by atoms with Gasteiger partial charge in [-0.25, -0.2) is 4.39 Å². The quantitative estimate of drug-likeness (QED) is 0.546. The Hall–Kier alpha value is -3.54. The van der Waals surface area contributed by atoms with Crippen LogP contribution in [0.15, 0.2) is 77.0 Å². The summed E-state index contributed by atoms with van der Waals surface area (Å²) in [6.45, 7) is 3.61. The Bertz CT molecular complexity index is 1000. The van der Waals surface area contributed by atoms with Gasteiger partial charge in [-0.2, -0.15) is 5.11 Å². The second-order valence-electron chi connectivity index (χ2n) is 6.32. The zero-order valence-electron chi connectivity index (χ0n) is 15.6. The fourth-order valence-electron chi connectivity index (χ4n) is 2.44. The average molecular weight is 377 g/mol. The van der Waals surface area contributed by atoms with Crippen LogP contribution < -0.4 is 10.1 Å². The van der Waals surface area contributed by atoms with Crippen LogP contribution in [-0.2, 0) is 4.79 Å². The van der Waals surface area contributed by atoms with Gasteiger partial charge in [0.2, 0.25) is 0 Å². The number of aryl methyl sites for hydroxylation is 2. The molecule has 0 aliphatic heterocycles. The number of hydrogen-bond acceptors (Lipinski definition) is 4. The summed E-state index contributed by atoms with van der Waals surface area (Å²) in [6.07, 6.45) is 0. The van der Waals surface area contributed by atoms with E-state index in [1.165, 1.54) is 12.1 Å². The molecule has 0 unspecified atom stereocenters. The third kappa shape index (κ3) is 5.23. The minimum Gasteiger partial charge on any atom is -0.481 e. The van der Waals surface area contributed by atoms with E-state index in [0.717, 1.165) is 11.1 Å². The Morgan fingerprint density at radius 2 is 1.68 bits per heavy atom. The molecule has 3 rings (SSSR count). The fourth-order valence-corrected chi connectivity index (χ4v) is 2.44. The van der Waals surface area contributed by atoms with E-state index in [1.54, 1.807) is 18.2 Å². The molecular formula is C22H20FN3O2. The van der Waals surface area contributed by atoms with Gasteiger partial charge in [-0.05, 0) is 55.8 Å². The van der Waals surface area contributed by atoms with Crippen LogP contribution in [-0.4, -0.2) is 12.5 Å². The first-order chi connectivity index (χ1) is 13.5. The van der Waals surface area contributed by atoms with E-state index in [1.807, 2.05) is 50.2 Å². The van der Waals surface area contributed by atoms with E-state index in [4.69, 9.17) is 4.74 Å². The van der Waals surface area contributed by atoms with Gasteiger partial charge in [0.15, 0.2) is 18.2 Å². The number of anilines is 1. The van der Waals surface area contributed by atoms with Crippen molar-refractivity contribution in [2.24, 2.45) is 10.2 Å². The molecule has 5 nitrogen and oxygen atoms in total. The maximum absolute atomic E-state index is 13.6. The molecule has 1 amide bonds. The molecule has 6 heteroatoms. The molecule has 0 fully saturated rings. The molecule has 0 saturated heterocycles. The van der Waals surface area contributed by atoms with Crippen molar-refractivity contribution < 1.29 is 13.9 Å². The van der Waals surface area contributed by atoms with E-state index in [2.05, 4.69) is 15.5 Å². The first-order valence-electron chi connectivity index (χ1n) is 8.77. The Morgan fingerprint density at radius 3 is 2.43 bits per heavy atom. The van der Waals surface area contributed by atoms with Crippen molar-refractivity contribution in [3.63, 3.8) is 0 Å². The van der Waals surface area contributed by atoms with Gasteiger partial charge in [0.1, 0.15) is 5.69 Å². The molecule has 142 valence electrons. The minimum atomic E-state index is -0.516. The summed E-state index contributed by atoms with van der Waals surface area (Å²) >= 11 is 0. The van der Waals surface area contributed by atoms with Crippen molar-refractivity contribution in [2.45, 2.75) is 13.8 Å². The number of rotatable bonds is 6. The van der Waals surface area contributed by atoms with Crippen LogP contribution in [0.3, 0.4) is 0 Å². The number of carbonyl (C=O) groups is 1.